The Labute approximate surface area is 106 Å². The molecule has 1 amide bonds. The van der Waals surface area contributed by atoms with Crippen LogP contribution in [0.5, 0.6) is 0 Å². The van der Waals surface area contributed by atoms with Crippen molar-refractivity contribution in [2.24, 2.45) is 5.92 Å². The van der Waals surface area contributed by atoms with E-state index in [0.29, 0.717) is 24.9 Å². The van der Waals surface area contributed by atoms with E-state index in [-0.39, 0.29) is 17.3 Å². The summed E-state index contributed by atoms with van der Waals surface area (Å²) in [5.74, 6) is 0.498. The number of carbonyl (C=O) groups is 1. The van der Waals surface area contributed by atoms with Crippen molar-refractivity contribution in [1.29, 1.82) is 0 Å². The Hall–Kier alpha value is -0.0900. The Morgan fingerprint density at radius 1 is 1.50 bits per heavy atom. The van der Waals surface area contributed by atoms with Gasteiger partial charge in [-0.05, 0) is 31.6 Å². The van der Waals surface area contributed by atoms with Crippen molar-refractivity contribution in [3.63, 3.8) is 0 Å². The number of amides is 1. The highest BCUT2D eigenvalue weighted by Crippen LogP contribution is 2.27. The van der Waals surface area contributed by atoms with Crippen molar-refractivity contribution in [2.75, 3.05) is 13.2 Å². The van der Waals surface area contributed by atoms with E-state index >= 15 is 0 Å². The Morgan fingerprint density at radius 2 is 2.12 bits per heavy atom. The second-order valence-electron chi connectivity index (χ2n) is 4.84. The highest BCUT2D eigenvalue weighted by atomic mass is 79.9. The zero-order valence-electron chi connectivity index (χ0n) is 10.2. The van der Waals surface area contributed by atoms with E-state index in [1.165, 1.54) is 6.42 Å². The summed E-state index contributed by atoms with van der Waals surface area (Å²) in [6, 6.07) is 0.415. The molecule has 1 rings (SSSR count). The highest BCUT2D eigenvalue weighted by molar-refractivity contribution is 9.10. The van der Waals surface area contributed by atoms with Crippen LogP contribution >= 0.6 is 15.9 Å². The first-order valence-electron chi connectivity index (χ1n) is 6.13. The third kappa shape index (κ3) is 3.45. The lowest BCUT2D eigenvalue weighted by molar-refractivity contribution is -0.135. The summed E-state index contributed by atoms with van der Waals surface area (Å²) in [6.45, 7) is 4.94. The van der Waals surface area contributed by atoms with Gasteiger partial charge in [0.25, 0.3) is 0 Å². The number of halogens is 1. The van der Waals surface area contributed by atoms with E-state index < -0.39 is 0 Å². The van der Waals surface area contributed by atoms with Gasteiger partial charge in [-0.2, -0.15) is 0 Å². The molecular formula is C12H22BrNO2. The molecule has 1 unspecified atom stereocenters. The minimum atomic E-state index is -0.0909. The first-order valence-corrected chi connectivity index (χ1v) is 7.05. The van der Waals surface area contributed by atoms with Gasteiger partial charge in [-0.3, -0.25) is 4.79 Å². The largest absolute Gasteiger partial charge is 0.396 e. The van der Waals surface area contributed by atoms with Crippen LogP contribution in [0.2, 0.25) is 0 Å². The first-order chi connectivity index (χ1) is 7.57. The van der Waals surface area contributed by atoms with Gasteiger partial charge in [0.05, 0.1) is 4.83 Å². The van der Waals surface area contributed by atoms with E-state index in [1.54, 1.807) is 0 Å². The van der Waals surface area contributed by atoms with Gasteiger partial charge in [-0.15, -0.1) is 0 Å². The zero-order valence-corrected chi connectivity index (χ0v) is 11.7. The molecule has 1 atom stereocenters. The third-order valence-electron chi connectivity index (χ3n) is 3.18. The van der Waals surface area contributed by atoms with Gasteiger partial charge in [0.1, 0.15) is 0 Å². The smallest absolute Gasteiger partial charge is 0.236 e. The summed E-state index contributed by atoms with van der Waals surface area (Å²) in [7, 11) is 0. The molecule has 0 aromatic heterocycles. The molecule has 1 aliphatic rings. The maximum atomic E-state index is 12.2. The third-order valence-corrected chi connectivity index (χ3v) is 4.63. The minimum absolute atomic E-state index is 0.0909. The minimum Gasteiger partial charge on any atom is -0.396 e. The number of rotatable bonds is 6. The summed E-state index contributed by atoms with van der Waals surface area (Å²) in [5, 5.41) is 8.87. The van der Waals surface area contributed by atoms with Crippen molar-refractivity contribution in [2.45, 2.75) is 50.4 Å². The van der Waals surface area contributed by atoms with Crippen molar-refractivity contribution < 1.29 is 9.90 Å². The van der Waals surface area contributed by atoms with Crippen LogP contribution in [0.4, 0.5) is 0 Å². The second kappa shape index (κ2) is 6.60. The van der Waals surface area contributed by atoms with Crippen LogP contribution in [0.3, 0.4) is 0 Å². The number of aliphatic hydroxyl groups is 1. The van der Waals surface area contributed by atoms with Crippen LogP contribution in [-0.2, 0) is 4.79 Å². The lowest BCUT2D eigenvalue weighted by Gasteiger charge is -2.39. The lowest BCUT2D eigenvalue weighted by atomic mass is 9.90. The number of nitrogens with zero attached hydrogens (tertiary/aromatic N) is 1. The predicted molar refractivity (Wildman–Crippen MR) is 68.6 cm³/mol. The van der Waals surface area contributed by atoms with Crippen LogP contribution in [-0.4, -0.2) is 39.9 Å². The molecule has 1 saturated carbocycles. The standard InChI is InChI=1S/C12H22BrNO2/c1-9(2)11(13)12(16)14(7-4-8-15)10-5-3-6-10/h9-11,15H,3-8H2,1-2H3. The number of alkyl halides is 1. The molecule has 0 heterocycles. The number of hydrogen-bond donors (Lipinski definition) is 1. The van der Waals surface area contributed by atoms with E-state index in [1.807, 2.05) is 18.7 Å². The van der Waals surface area contributed by atoms with Crippen LogP contribution in [0.25, 0.3) is 0 Å². The molecule has 1 N–H and O–H groups in total. The number of carbonyl (C=O) groups excluding carboxylic acids is 1. The van der Waals surface area contributed by atoms with Gasteiger partial charge in [0, 0.05) is 19.2 Å². The first kappa shape index (κ1) is 14.0. The normalized spacial score (nSPS) is 18.3. The summed E-state index contributed by atoms with van der Waals surface area (Å²) in [5.41, 5.74) is 0. The summed E-state index contributed by atoms with van der Waals surface area (Å²) < 4.78 is 0. The average molecular weight is 292 g/mol. The summed E-state index contributed by atoms with van der Waals surface area (Å²) in [6.07, 6.45) is 4.15. The van der Waals surface area contributed by atoms with Gasteiger partial charge in [0.15, 0.2) is 0 Å². The van der Waals surface area contributed by atoms with E-state index in [2.05, 4.69) is 15.9 Å². The fraction of sp³-hybridized carbons (Fsp3) is 0.917. The molecule has 0 saturated heterocycles. The number of aliphatic hydroxyl groups excluding tert-OH is 1. The fourth-order valence-electron chi connectivity index (χ4n) is 1.86. The maximum Gasteiger partial charge on any atom is 0.236 e. The van der Waals surface area contributed by atoms with Gasteiger partial charge >= 0.3 is 0 Å². The molecule has 0 bridgehead atoms. The lowest BCUT2D eigenvalue weighted by Crippen LogP contribution is -2.48. The van der Waals surface area contributed by atoms with Crippen LogP contribution in [0.1, 0.15) is 39.5 Å². The molecule has 0 aliphatic heterocycles. The highest BCUT2D eigenvalue weighted by Gasteiger charge is 2.32. The van der Waals surface area contributed by atoms with Gasteiger partial charge < -0.3 is 10.0 Å². The molecule has 0 aromatic carbocycles. The molecule has 0 spiro atoms. The van der Waals surface area contributed by atoms with Gasteiger partial charge in [-0.25, -0.2) is 0 Å². The Morgan fingerprint density at radius 3 is 2.50 bits per heavy atom. The molecule has 1 aliphatic carbocycles. The predicted octanol–water partition coefficient (Wildman–Crippen LogP) is 2.17. The maximum absolute atomic E-state index is 12.2. The van der Waals surface area contributed by atoms with Crippen molar-refractivity contribution in [3.05, 3.63) is 0 Å². The summed E-state index contributed by atoms with van der Waals surface area (Å²) in [4.78, 5) is 14.1. The van der Waals surface area contributed by atoms with E-state index in [9.17, 15) is 4.79 Å². The molecule has 0 radical (unpaired) electrons. The van der Waals surface area contributed by atoms with E-state index in [4.69, 9.17) is 5.11 Å². The van der Waals surface area contributed by atoms with Crippen LogP contribution in [0, 0.1) is 5.92 Å². The molecular weight excluding hydrogens is 270 g/mol. The Bertz CT molecular complexity index is 229. The zero-order chi connectivity index (χ0) is 12.1. The molecule has 4 heteroatoms. The SMILES string of the molecule is CC(C)C(Br)C(=O)N(CCCO)C1CCC1. The van der Waals surface area contributed by atoms with Crippen LogP contribution < -0.4 is 0 Å². The van der Waals surface area contributed by atoms with Crippen molar-refractivity contribution in [1.82, 2.24) is 4.90 Å². The Balaban J connectivity index is 2.56. The van der Waals surface area contributed by atoms with E-state index in [0.717, 1.165) is 12.8 Å². The topological polar surface area (TPSA) is 40.5 Å². The molecule has 16 heavy (non-hydrogen) atoms. The van der Waals surface area contributed by atoms with Crippen molar-refractivity contribution in [3.8, 4) is 0 Å². The Kier molecular flexibility index (Phi) is 5.76. The van der Waals surface area contributed by atoms with Crippen LogP contribution in [0.15, 0.2) is 0 Å². The quantitative estimate of drug-likeness (QED) is 0.762. The van der Waals surface area contributed by atoms with Gasteiger partial charge in [-0.1, -0.05) is 29.8 Å². The molecule has 94 valence electrons. The molecule has 1 fully saturated rings. The molecule has 3 nitrogen and oxygen atoms in total. The fourth-order valence-corrected chi connectivity index (χ4v) is 2.12. The molecule has 0 aromatic rings. The van der Waals surface area contributed by atoms with Gasteiger partial charge in [0.2, 0.25) is 5.91 Å². The van der Waals surface area contributed by atoms with Crippen molar-refractivity contribution >= 4 is 21.8 Å². The monoisotopic (exact) mass is 291 g/mol. The average Bonchev–Trinajstić information content (AvgIpc) is 2.18. The second-order valence-corrected chi connectivity index (χ2v) is 5.83. The number of hydrogen-bond acceptors (Lipinski definition) is 2. The summed E-state index contributed by atoms with van der Waals surface area (Å²) >= 11 is 3.47.